The summed E-state index contributed by atoms with van der Waals surface area (Å²) in [4.78, 5) is 12.3. The molecule has 0 saturated heterocycles. The Kier molecular flexibility index (Phi) is 5.13. The van der Waals surface area contributed by atoms with Crippen LogP contribution in [0.1, 0.15) is 41.6 Å². The van der Waals surface area contributed by atoms with Gasteiger partial charge in [-0.1, -0.05) is 24.1 Å². The third kappa shape index (κ3) is 4.25. The number of hydrogen-bond donors (Lipinski definition) is 0. The van der Waals surface area contributed by atoms with Crippen LogP contribution in [-0.4, -0.2) is 11.6 Å². The third-order valence-corrected chi connectivity index (χ3v) is 4.46. The monoisotopic (exact) mass is 374 g/mol. The maximum Gasteiger partial charge on any atom is 0.419 e. The van der Waals surface area contributed by atoms with E-state index in [0.29, 0.717) is 18.6 Å². The molecule has 1 saturated carbocycles. The van der Waals surface area contributed by atoms with Gasteiger partial charge in [-0.25, -0.2) is 4.79 Å². The number of hydrogen-bond acceptors (Lipinski definition) is 3. The number of para-hydroxylation sites is 1. The molecule has 3 nitrogen and oxygen atoms in total. The zero-order valence-corrected chi connectivity index (χ0v) is 14.4. The SMILES string of the molecule is C#CC1(Oc2cc(C(=O)Oc3ccccc3)ccc2C(F)(F)F)CCCC1. The van der Waals surface area contributed by atoms with Gasteiger partial charge in [-0.05, 0) is 56.0 Å². The standard InChI is InChI=1S/C21H17F3O3/c1-2-20(12-6-7-13-20)27-18-14-15(10-11-17(18)21(22,23)24)19(25)26-16-8-4-3-5-9-16/h1,3-5,8-11,14H,6-7,12-13H2. The molecule has 1 aliphatic carbocycles. The number of esters is 1. The van der Waals surface area contributed by atoms with Gasteiger partial charge in [0.15, 0.2) is 5.60 Å². The van der Waals surface area contributed by atoms with E-state index in [2.05, 4.69) is 5.92 Å². The highest BCUT2D eigenvalue weighted by atomic mass is 19.4. The van der Waals surface area contributed by atoms with Crippen molar-refractivity contribution >= 4 is 5.97 Å². The average Bonchev–Trinajstić information content (AvgIpc) is 3.10. The van der Waals surface area contributed by atoms with Crippen LogP contribution in [0.4, 0.5) is 13.2 Å². The van der Waals surface area contributed by atoms with Crippen molar-refractivity contribution in [1.82, 2.24) is 0 Å². The third-order valence-electron chi connectivity index (χ3n) is 4.46. The summed E-state index contributed by atoms with van der Waals surface area (Å²) in [5, 5.41) is 0. The van der Waals surface area contributed by atoms with Gasteiger partial charge < -0.3 is 9.47 Å². The minimum Gasteiger partial charge on any atom is -0.474 e. The first-order valence-electron chi connectivity index (χ1n) is 8.48. The predicted molar refractivity (Wildman–Crippen MR) is 93.5 cm³/mol. The lowest BCUT2D eigenvalue weighted by atomic mass is 10.0. The molecule has 0 amide bonds. The lowest BCUT2D eigenvalue weighted by molar-refractivity contribution is -0.139. The molecule has 0 spiro atoms. The molecule has 0 heterocycles. The van der Waals surface area contributed by atoms with Crippen molar-refractivity contribution in [1.29, 1.82) is 0 Å². The second kappa shape index (κ2) is 7.36. The Bertz CT molecular complexity index is 860. The zero-order valence-electron chi connectivity index (χ0n) is 14.4. The first-order chi connectivity index (χ1) is 12.8. The lowest BCUT2D eigenvalue weighted by Crippen LogP contribution is -2.31. The summed E-state index contributed by atoms with van der Waals surface area (Å²) in [6, 6.07) is 11.2. The van der Waals surface area contributed by atoms with E-state index in [9.17, 15) is 18.0 Å². The van der Waals surface area contributed by atoms with Crippen LogP contribution in [0.2, 0.25) is 0 Å². The van der Waals surface area contributed by atoms with E-state index >= 15 is 0 Å². The number of terminal acetylenes is 1. The van der Waals surface area contributed by atoms with E-state index in [1.165, 1.54) is 0 Å². The Morgan fingerprint density at radius 3 is 2.33 bits per heavy atom. The highest BCUT2D eigenvalue weighted by Crippen LogP contribution is 2.41. The molecule has 0 aliphatic heterocycles. The molecular formula is C21H17F3O3. The van der Waals surface area contributed by atoms with Crippen LogP contribution in [0.3, 0.4) is 0 Å². The van der Waals surface area contributed by atoms with E-state index in [1.807, 2.05) is 0 Å². The van der Waals surface area contributed by atoms with Crippen LogP contribution in [0.5, 0.6) is 11.5 Å². The van der Waals surface area contributed by atoms with Gasteiger partial charge in [0.1, 0.15) is 11.5 Å². The van der Waals surface area contributed by atoms with Crippen LogP contribution < -0.4 is 9.47 Å². The van der Waals surface area contributed by atoms with Gasteiger partial charge in [0.2, 0.25) is 0 Å². The molecule has 2 aromatic carbocycles. The molecular weight excluding hydrogens is 357 g/mol. The second-order valence-electron chi connectivity index (χ2n) is 6.36. The molecule has 140 valence electrons. The van der Waals surface area contributed by atoms with E-state index < -0.39 is 29.1 Å². The summed E-state index contributed by atoms with van der Waals surface area (Å²) < 4.78 is 51.0. The number of ether oxygens (including phenoxy) is 2. The molecule has 2 aromatic rings. The van der Waals surface area contributed by atoms with Crippen molar-refractivity contribution in [2.45, 2.75) is 37.5 Å². The fourth-order valence-corrected chi connectivity index (χ4v) is 3.05. The minimum absolute atomic E-state index is 0.0491. The van der Waals surface area contributed by atoms with E-state index in [-0.39, 0.29) is 5.56 Å². The smallest absolute Gasteiger partial charge is 0.419 e. The van der Waals surface area contributed by atoms with Crippen LogP contribution in [0.25, 0.3) is 0 Å². The summed E-state index contributed by atoms with van der Waals surface area (Å²) in [6.07, 6.45) is 3.40. The van der Waals surface area contributed by atoms with Crippen LogP contribution in [0, 0.1) is 12.3 Å². The van der Waals surface area contributed by atoms with Crippen LogP contribution in [-0.2, 0) is 6.18 Å². The van der Waals surface area contributed by atoms with Gasteiger partial charge >= 0.3 is 12.1 Å². The quantitative estimate of drug-likeness (QED) is 0.417. The first kappa shape index (κ1) is 18.8. The topological polar surface area (TPSA) is 35.5 Å². The zero-order chi connectivity index (χ0) is 19.5. The van der Waals surface area contributed by atoms with Gasteiger partial charge in [0.05, 0.1) is 11.1 Å². The Morgan fingerprint density at radius 2 is 1.74 bits per heavy atom. The van der Waals surface area contributed by atoms with Gasteiger partial charge in [0, 0.05) is 0 Å². The molecule has 0 atom stereocenters. The van der Waals surface area contributed by atoms with E-state index in [0.717, 1.165) is 31.0 Å². The van der Waals surface area contributed by atoms with Crippen molar-refractivity contribution < 1.29 is 27.4 Å². The second-order valence-corrected chi connectivity index (χ2v) is 6.36. The Balaban J connectivity index is 1.93. The maximum absolute atomic E-state index is 13.4. The molecule has 0 aromatic heterocycles. The molecule has 0 N–H and O–H groups in total. The van der Waals surface area contributed by atoms with Gasteiger partial charge in [0.25, 0.3) is 0 Å². The maximum atomic E-state index is 13.4. The van der Waals surface area contributed by atoms with Gasteiger partial charge in [-0.2, -0.15) is 13.2 Å². The van der Waals surface area contributed by atoms with E-state index in [1.54, 1.807) is 30.3 Å². The van der Waals surface area contributed by atoms with Crippen molar-refractivity contribution in [2.24, 2.45) is 0 Å². The largest absolute Gasteiger partial charge is 0.474 e. The number of halogens is 3. The van der Waals surface area contributed by atoms with Crippen molar-refractivity contribution in [3.05, 3.63) is 59.7 Å². The summed E-state index contributed by atoms with van der Waals surface area (Å²) in [6.45, 7) is 0. The Hall–Kier alpha value is -2.94. The van der Waals surface area contributed by atoms with Crippen LogP contribution in [0.15, 0.2) is 48.5 Å². The summed E-state index contributed by atoms with van der Waals surface area (Å²) in [5.41, 5.74) is -2.10. The summed E-state index contributed by atoms with van der Waals surface area (Å²) in [7, 11) is 0. The normalized spacial score (nSPS) is 15.8. The fraction of sp³-hybridized carbons (Fsp3) is 0.286. The molecule has 0 unspecified atom stereocenters. The highest BCUT2D eigenvalue weighted by Gasteiger charge is 2.39. The predicted octanol–water partition coefficient (Wildman–Crippen LogP) is 5.25. The lowest BCUT2D eigenvalue weighted by Gasteiger charge is -2.26. The Morgan fingerprint density at radius 1 is 1.07 bits per heavy atom. The van der Waals surface area contributed by atoms with Gasteiger partial charge in [-0.15, -0.1) is 6.42 Å². The van der Waals surface area contributed by atoms with Crippen LogP contribution >= 0.6 is 0 Å². The average molecular weight is 374 g/mol. The van der Waals surface area contributed by atoms with Gasteiger partial charge in [-0.3, -0.25) is 0 Å². The molecule has 1 fully saturated rings. The highest BCUT2D eigenvalue weighted by molar-refractivity contribution is 5.91. The first-order valence-corrected chi connectivity index (χ1v) is 8.48. The Labute approximate surface area is 155 Å². The molecule has 0 radical (unpaired) electrons. The fourth-order valence-electron chi connectivity index (χ4n) is 3.05. The number of carbonyl (C=O) groups excluding carboxylic acids is 1. The van der Waals surface area contributed by atoms with E-state index in [4.69, 9.17) is 15.9 Å². The molecule has 0 bridgehead atoms. The minimum atomic E-state index is -4.63. The summed E-state index contributed by atoms with van der Waals surface area (Å²) in [5.74, 6) is 1.55. The molecule has 1 aliphatic rings. The number of benzene rings is 2. The molecule has 3 rings (SSSR count). The number of alkyl halides is 3. The summed E-state index contributed by atoms with van der Waals surface area (Å²) >= 11 is 0. The number of carbonyl (C=O) groups is 1. The van der Waals surface area contributed by atoms with Crippen molar-refractivity contribution in [3.63, 3.8) is 0 Å². The van der Waals surface area contributed by atoms with Crippen molar-refractivity contribution in [2.75, 3.05) is 0 Å². The molecule has 6 heteroatoms. The number of rotatable bonds is 4. The van der Waals surface area contributed by atoms with Crippen molar-refractivity contribution in [3.8, 4) is 23.8 Å². The molecule has 27 heavy (non-hydrogen) atoms.